The van der Waals surface area contributed by atoms with Crippen LogP contribution in [-0.4, -0.2) is 27.5 Å². The first kappa shape index (κ1) is 21.8. The lowest BCUT2D eigenvalue weighted by molar-refractivity contribution is -0.123. The molecule has 0 bridgehead atoms. The maximum atomic E-state index is 12.6. The van der Waals surface area contributed by atoms with Crippen molar-refractivity contribution in [2.45, 2.75) is 44.9 Å². The first-order valence-corrected chi connectivity index (χ1v) is 10.9. The number of sulfonamides is 1. The lowest BCUT2D eigenvalue weighted by atomic mass is 10.1. The van der Waals surface area contributed by atoms with E-state index in [1.165, 1.54) is 12.1 Å². The van der Waals surface area contributed by atoms with Crippen LogP contribution < -0.4 is 14.8 Å². The highest BCUT2D eigenvalue weighted by Crippen LogP contribution is 2.21. The highest BCUT2D eigenvalue weighted by atomic mass is 32.2. The average Bonchev–Trinajstić information content (AvgIpc) is 2.62. The normalized spacial score (nSPS) is 11.1. The van der Waals surface area contributed by atoms with E-state index in [9.17, 15) is 13.2 Å². The Morgan fingerprint density at radius 1 is 1.00 bits per heavy atom. The number of hydrogen-bond acceptors (Lipinski definition) is 4. The Morgan fingerprint density at radius 2 is 1.64 bits per heavy atom. The van der Waals surface area contributed by atoms with E-state index in [0.29, 0.717) is 18.0 Å². The summed E-state index contributed by atoms with van der Waals surface area (Å²) in [5.41, 5.74) is 2.49. The number of nitrogens with one attached hydrogen (secondary N) is 2. The highest BCUT2D eigenvalue weighted by Gasteiger charge is 2.15. The number of amides is 1. The van der Waals surface area contributed by atoms with Crippen molar-refractivity contribution in [2.75, 3.05) is 17.9 Å². The van der Waals surface area contributed by atoms with Gasteiger partial charge in [0.05, 0.1) is 4.90 Å². The number of carbonyl (C=O) groups is 1. The number of benzene rings is 2. The van der Waals surface area contributed by atoms with Gasteiger partial charge in [0, 0.05) is 12.2 Å². The van der Waals surface area contributed by atoms with Crippen LogP contribution >= 0.6 is 0 Å². The van der Waals surface area contributed by atoms with Crippen LogP contribution in [0.15, 0.2) is 47.4 Å². The van der Waals surface area contributed by atoms with Crippen molar-refractivity contribution in [3.63, 3.8) is 0 Å². The van der Waals surface area contributed by atoms with Gasteiger partial charge in [-0.3, -0.25) is 9.52 Å². The van der Waals surface area contributed by atoms with Gasteiger partial charge in [-0.15, -0.1) is 0 Å². The zero-order chi connectivity index (χ0) is 20.6. The minimum Gasteiger partial charge on any atom is -0.484 e. The summed E-state index contributed by atoms with van der Waals surface area (Å²) in [6.45, 7) is 6.47. The summed E-state index contributed by atoms with van der Waals surface area (Å²) in [5.74, 6) is 0.248. The predicted molar refractivity (Wildman–Crippen MR) is 111 cm³/mol. The van der Waals surface area contributed by atoms with E-state index in [2.05, 4.69) is 17.0 Å². The van der Waals surface area contributed by atoms with Gasteiger partial charge >= 0.3 is 0 Å². The number of ether oxygens (including phenoxy) is 1. The summed E-state index contributed by atoms with van der Waals surface area (Å²) in [4.78, 5) is 11.8. The molecule has 6 nitrogen and oxygen atoms in total. The van der Waals surface area contributed by atoms with Gasteiger partial charge in [-0.25, -0.2) is 8.42 Å². The van der Waals surface area contributed by atoms with Gasteiger partial charge < -0.3 is 10.1 Å². The lowest BCUT2D eigenvalue weighted by Gasteiger charge is -2.11. The third-order valence-electron chi connectivity index (χ3n) is 4.08. The van der Waals surface area contributed by atoms with Crippen molar-refractivity contribution in [3.05, 3.63) is 53.6 Å². The molecule has 0 aliphatic rings. The number of anilines is 1. The molecule has 7 heteroatoms. The molecule has 0 fully saturated rings. The van der Waals surface area contributed by atoms with Crippen molar-refractivity contribution in [3.8, 4) is 5.75 Å². The quantitative estimate of drug-likeness (QED) is 0.590. The van der Waals surface area contributed by atoms with E-state index >= 15 is 0 Å². The Hall–Kier alpha value is -2.54. The van der Waals surface area contributed by atoms with Crippen LogP contribution in [0.1, 0.15) is 37.3 Å². The van der Waals surface area contributed by atoms with Gasteiger partial charge in [-0.05, 0) is 67.8 Å². The molecule has 2 N–H and O–H groups in total. The number of aryl methyl sites for hydroxylation is 2. The molecule has 0 aromatic heterocycles. The molecule has 0 radical (unpaired) electrons. The van der Waals surface area contributed by atoms with Crippen LogP contribution in [0.4, 0.5) is 5.69 Å². The third kappa shape index (κ3) is 6.88. The summed E-state index contributed by atoms with van der Waals surface area (Å²) in [6, 6.07) is 11.5. The van der Waals surface area contributed by atoms with Crippen LogP contribution in [-0.2, 0) is 14.8 Å². The fourth-order valence-corrected chi connectivity index (χ4v) is 3.81. The molecule has 28 heavy (non-hydrogen) atoms. The summed E-state index contributed by atoms with van der Waals surface area (Å²) >= 11 is 0. The van der Waals surface area contributed by atoms with Crippen LogP contribution in [0.3, 0.4) is 0 Å². The molecule has 0 saturated heterocycles. The molecule has 1 amide bonds. The number of unbranched alkanes of at least 4 members (excludes halogenated alkanes) is 2. The van der Waals surface area contributed by atoms with Gasteiger partial charge in [0.1, 0.15) is 5.75 Å². The Bertz CT molecular complexity index is 873. The zero-order valence-electron chi connectivity index (χ0n) is 16.6. The number of carbonyl (C=O) groups excluding carboxylic acids is 1. The molecule has 0 heterocycles. The summed E-state index contributed by atoms with van der Waals surface area (Å²) in [5, 5.41) is 2.79. The molecule has 2 aromatic rings. The van der Waals surface area contributed by atoms with Gasteiger partial charge in [0.25, 0.3) is 15.9 Å². The van der Waals surface area contributed by atoms with Crippen LogP contribution in [0.2, 0.25) is 0 Å². The van der Waals surface area contributed by atoms with Crippen LogP contribution in [0, 0.1) is 13.8 Å². The molecule has 2 rings (SSSR count). The second-order valence-electron chi connectivity index (χ2n) is 6.80. The standard InChI is InChI=1S/C21H28N2O4S/c1-4-5-6-11-22-21(24)15-27-19-7-9-20(10-8-19)28(25,26)23-18-13-16(2)12-17(3)14-18/h7-10,12-14,23H,4-6,11,15H2,1-3H3,(H,22,24). The fourth-order valence-electron chi connectivity index (χ4n) is 2.77. The molecular formula is C21H28N2O4S. The minimum absolute atomic E-state index is 0.0982. The summed E-state index contributed by atoms with van der Waals surface area (Å²) < 4.78 is 33.1. The number of rotatable bonds is 10. The van der Waals surface area contributed by atoms with E-state index in [4.69, 9.17) is 4.74 Å². The smallest absolute Gasteiger partial charge is 0.261 e. The fraction of sp³-hybridized carbons (Fsp3) is 0.381. The van der Waals surface area contributed by atoms with Crippen molar-refractivity contribution < 1.29 is 17.9 Å². The lowest BCUT2D eigenvalue weighted by Crippen LogP contribution is -2.29. The van der Waals surface area contributed by atoms with Gasteiger partial charge in [-0.2, -0.15) is 0 Å². The molecule has 0 unspecified atom stereocenters. The first-order chi connectivity index (χ1) is 13.3. The topological polar surface area (TPSA) is 84.5 Å². The maximum absolute atomic E-state index is 12.6. The molecule has 0 aliphatic carbocycles. The van der Waals surface area contributed by atoms with E-state index in [-0.39, 0.29) is 17.4 Å². The van der Waals surface area contributed by atoms with Crippen molar-refractivity contribution in [1.29, 1.82) is 0 Å². The molecule has 0 spiro atoms. The van der Waals surface area contributed by atoms with Crippen molar-refractivity contribution >= 4 is 21.6 Å². The molecule has 0 saturated carbocycles. The Kier molecular flexibility index (Phi) is 7.87. The van der Waals surface area contributed by atoms with Crippen molar-refractivity contribution in [2.24, 2.45) is 0 Å². The van der Waals surface area contributed by atoms with Crippen molar-refractivity contribution in [1.82, 2.24) is 5.32 Å². The van der Waals surface area contributed by atoms with E-state index in [1.807, 2.05) is 19.9 Å². The van der Waals surface area contributed by atoms with E-state index < -0.39 is 10.0 Å². The van der Waals surface area contributed by atoms with Crippen LogP contribution in [0.25, 0.3) is 0 Å². The van der Waals surface area contributed by atoms with Gasteiger partial charge in [0.15, 0.2) is 6.61 Å². The largest absolute Gasteiger partial charge is 0.484 e. The summed E-state index contributed by atoms with van der Waals surface area (Å²) in [7, 11) is -3.70. The predicted octanol–water partition coefficient (Wildman–Crippen LogP) is 3.79. The molecular weight excluding hydrogens is 376 g/mol. The minimum atomic E-state index is -3.70. The van der Waals surface area contributed by atoms with Crippen LogP contribution in [0.5, 0.6) is 5.75 Å². The maximum Gasteiger partial charge on any atom is 0.261 e. The van der Waals surface area contributed by atoms with Gasteiger partial charge in [-0.1, -0.05) is 25.8 Å². The zero-order valence-corrected chi connectivity index (χ0v) is 17.4. The SMILES string of the molecule is CCCCCNC(=O)COc1ccc(S(=O)(=O)Nc2cc(C)cc(C)c2)cc1. The molecule has 2 aromatic carbocycles. The second-order valence-corrected chi connectivity index (χ2v) is 8.48. The Morgan fingerprint density at radius 3 is 2.25 bits per heavy atom. The first-order valence-electron chi connectivity index (χ1n) is 9.41. The van der Waals surface area contributed by atoms with E-state index in [0.717, 1.165) is 30.4 Å². The summed E-state index contributed by atoms with van der Waals surface area (Å²) in [6.07, 6.45) is 3.12. The molecule has 0 aliphatic heterocycles. The Labute approximate surface area is 167 Å². The van der Waals surface area contributed by atoms with Gasteiger partial charge in [0.2, 0.25) is 0 Å². The third-order valence-corrected chi connectivity index (χ3v) is 5.48. The van der Waals surface area contributed by atoms with E-state index in [1.54, 1.807) is 24.3 Å². The highest BCUT2D eigenvalue weighted by molar-refractivity contribution is 7.92. The molecule has 152 valence electrons. The average molecular weight is 405 g/mol. The molecule has 0 atom stereocenters. The monoisotopic (exact) mass is 404 g/mol. The number of hydrogen-bond donors (Lipinski definition) is 2. The Balaban J connectivity index is 1.92. The second kappa shape index (κ2) is 10.1.